The summed E-state index contributed by atoms with van der Waals surface area (Å²) in [6.07, 6.45) is 1.83. The third-order valence-electron chi connectivity index (χ3n) is 3.32. The molecule has 0 unspecified atom stereocenters. The van der Waals surface area contributed by atoms with Gasteiger partial charge in [-0.3, -0.25) is 0 Å². The first-order valence-electron chi connectivity index (χ1n) is 5.48. The third kappa shape index (κ3) is 1.46. The van der Waals surface area contributed by atoms with Gasteiger partial charge in [0.05, 0.1) is 6.61 Å². The summed E-state index contributed by atoms with van der Waals surface area (Å²) in [5.41, 5.74) is 1.89. The maximum absolute atomic E-state index is 13.7. The molecular weight excluding hydrogens is 193 g/mol. The van der Waals surface area contributed by atoms with E-state index >= 15 is 0 Å². The zero-order valence-electron chi connectivity index (χ0n) is 8.50. The molecule has 2 aliphatic heterocycles. The summed E-state index contributed by atoms with van der Waals surface area (Å²) in [6, 6.07) is 5.62. The van der Waals surface area contributed by atoms with Crippen LogP contribution in [0.3, 0.4) is 0 Å². The lowest BCUT2D eigenvalue weighted by atomic mass is 9.88. The minimum absolute atomic E-state index is 0.0799. The SMILES string of the molecule is Fc1cccc2c1[C@@H]([C@@H]1CCN1)OCC2. The molecule has 0 radical (unpaired) electrons. The van der Waals surface area contributed by atoms with Crippen molar-refractivity contribution < 1.29 is 9.13 Å². The zero-order chi connectivity index (χ0) is 10.3. The van der Waals surface area contributed by atoms with Crippen molar-refractivity contribution >= 4 is 0 Å². The minimum atomic E-state index is -0.120. The molecule has 0 spiro atoms. The zero-order valence-corrected chi connectivity index (χ0v) is 8.50. The van der Waals surface area contributed by atoms with Crippen molar-refractivity contribution in [3.63, 3.8) is 0 Å². The molecule has 2 nitrogen and oxygen atoms in total. The molecule has 0 amide bonds. The summed E-state index contributed by atoms with van der Waals surface area (Å²) in [7, 11) is 0. The number of nitrogens with one attached hydrogen (secondary N) is 1. The summed E-state index contributed by atoms with van der Waals surface area (Å²) >= 11 is 0. The smallest absolute Gasteiger partial charge is 0.129 e. The van der Waals surface area contributed by atoms with Gasteiger partial charge in [0.15, 0.2) is 0 Å². The first kappa shape index (κ1) is 9.31. The van der Waals surface area contributed by atoms with Crippen LogP contribution in [0.1, 0.15) is 23.7 Å². The second kappa shape index (κ2) is 3.58. The highest BCUT2D eigenvalue weighted by Gasteiger charge is 2.34. The van der Waals surface area contributed by atoms with E-state index in [4.69, 9.17) is 4.74 Å². The molecule has 1 aromatic rings. The molecule has 2 atom stereocenters. The Bertz CT molecular complexity index is 376. The highest BCUT2D eigenvalue weighted by Crippen LogP contribution is 2.34. The van der Waals surface area contributed by atoms with Crippen molar-refractivity contribution in [1.82, 2.24) is 5.32 Å². The van der Waals surface area contributed by atoms with E-state index in [0.717, 1.165) is 30.5 Å². The first-order valence-corrected chi connectivity index (χ1v) is 5.48. The van der Waals surface area contributed by atoms with Crippen LogP contribution in [-0.2, 0) is 11.2 Å². The van der Waals surface area contributed by atoms with Crippen molar-refractivity contribution in [2.75, 3.05) is 13.2 Å². The fraction of sp³-hybridized carbons (Fsp3) is 0.500. The monoisotopic (exact) mass is 207 g/mol. The van der Waals surface area contributed by atoms with E-state index in [2.05, 4.69) is 5.32 Å². The molecule has 3 rings (SSSR count). The maximum atomic E-state index is 13.7. The highest BCUT2D eigenvalue weighted by atomic mass is 19.1. The van der Waals surface area contributed by atoms with Crippen LogP contribution >= 0.6 is 0 Å². The normalized spacial score (nSPS) is 29.4. The lowest BCUT2D eigenvalue weighted by Crippen LogP contribution is -2.49. The molecule has 15 heavy (non-hydrogen) atoms. The fourth-order valence-electron chi connectivity index (χ4n) is 2.38. The number of rotatable bonds is 1. The molecule has 3 heteroatoms. The molecule has 1 N–H and O–H groups in total. The molecule has 0 aromatic heterocycles. The molecular formula is C12H14FNO. The van der Waals surface area contributed by atoms with Gasteiger partial charge in [-0.25, -0.2) is 4.39 Å². The van der Waals surface area contributed by atoms with Crippen LogP contribution in [0.25, 0.3) is 0 Å². The van der Waals surface area contributed by atoms with E-state index in [9.17, 15) is 4.39 Å². The molecule has 0 bridgehead atoms. The van der Waals surface area contributed by atoms with Crippen molar-refractivity contribution in [2.24, 2.45) is 0 Å². The van der Waals surface area contributed by atoms with Crippen LogP contribution in [0.2, 0.25) is 0 Å². The molecule has 0 aliphatic carbocycles. The lowest BCUT2D eigenvalue weighted by Gasteiger charge is -2.38. The fourth-order valence-corrected chi connectivity index (χ4v) is 2.38. The third-order valence-corrected chi connectivity index (χ3v) is 3.32. The van der Waals surface area contributed by atoms with Crippen molar-refractivity contribution in [1.29, 1.82) is 0 Å². The summed E-state index contributed by atoms with van der Waals surface area (Å²) in [4.78, 5) is 0. The summed E-state index contributed by atoms with van der Waals surface area (Å²) in [6.45, 7) is 1.73. The topological polar surface area (TPSA) is 21.3 Å². The van der Waals surface area contributed by atoms with Gasteiger partial charge in [-0.15, -0.1) is 0 Å². The number of halogens is 1. The predicted octanol–water partition coefficient (Wildman–Crippen LogP) is 1.80. The average Bonchev–Trinajstić information content (AvgIpc) is 2.15. The minimum Gasteiger partial charge on any atom is -0.371 e. The highest BCUT2D eigenvalue weighted by molar-refractivity contribution is 5.33. The van der Waals surface area contributed by atoms with Gasteiger partial charge in [0.1, 0.15) is 11.9 Å². The van der Waals surface area contributed by atoms with E-state index in [-0.39, 0.29) is 11.9 Å². The molecule has 1 aromatic carbocycles. The lowest BCUT2D eigenvalue weighted by molar-refractivity contribution is -0.00395. The van der Waals surface area contributed by atoms with Gasteiger partial charge in [-0.1, -0.05) is 12.1 Å². The second-order valence-corrected chi connectivity index (χ2v) is 4.20. The predicted molar refractivity (Wildman–Crippen MR) is 55.2 cm³/mol. The quantitative estimate of drug-likeness (QED) is 0.758. The molecule has 1 saturated heterocycles. The van der Waals surface area contributed by atoms with Crippen LogP contribution in [0, 0.1) is 5.82 Å². The maximum Gasteiger partial charge on any atom is 0.129 e. The van der Waals surface area contributed by atoms with Crippen molar-refractivity contribution in [2.45, 2.75) is 25.0 Å². The number of ether oxygens (including phenoxy) is 1. The Morgan fingerprint density at radius 2 is 2.27 bits per heavy atom. The first-order chi connectivity index (χ1) is 7.36. The summed E-state index contributed by atoms with van der Waals surface area (Å²) < 4.78 is 19.4. The van der Waals surface area contributed by atoms with Gasteiger partial charge in [0, 0.05) is 11.6 Å². The Hall–Kier alpha value is -0.930. The standard InChI is InChI=1S/C12H14FNO/c13-9-3-1-2-8-5-7-15-12(11(8)9)10-4-6-14-10/h1-3,10,12,14H,4-7H2/t10-,12+/m0/s1. The van der Waals surface area contributed by atoms with E-state index in [1.165, 1.54) is 6.07 Å². The molecule has 2 heterocycles. The molecule has 80 valence electrons. The van der Waals surface area contributed by atoms with E-state index in [1.54, 1.807) is 6.07 Å². The Morgan fingerprint density at radius 3 is 3.00 bits per heavy atom. The summed E-state index contributed by atoms with van der Waals surface area (Å²) in [5, 5.41) is 3.29. The number of benzene rings is 1. The molecule has 0 saturated carbocycles. The molecule has 2 aliphatic rings. The van der Waals surface area contributed by atoms with E-state index in [0.29, 0.717) is 12.6 Å². The second-order valence-electron chi connectivity index (χ2n) is 4.20. The largest absolute Gasteiger partial charge is 0.371 e. The van der Waals surface area contributed by atoms with Crippen LogP contribution < -0.4 is 5.32 Å². The summed E-state index contributed by atoms with van der Waals surface area (Å²) in [5.74, 6) is -0.120. The molecule has 1 fully saturated rings. The number of hydrogen-bond acceptors (Lipinski definition) is 2. The van der Waals surface area contributed by atoms with E-state index < -0.39 is 0 Å². The number of hydrogen-bond donors (Lipinski definition) is 1. The van der Waals surface area contributed by atoms with E-state index in [1.807, 2.05) is 6.07 Å². The van der Waals surface area contributed by atoms with Gasteiger partial charge in [0.2, 0.25) is 0 Å². The van der Waals surface area contributed by atoms with Crippen molar-refractivity contribution in [3.8, 4) is 0 Å². The Kier molecular flexibility index (Phi) is 2.22. The van der Waals surface area contributed by atoms with Gasteiger partial charge in [0.25, 0.3) is 0 Å². The van der Waals surface area contributed by atoms with Crippen molar-refractivity contribution in [3.05, 3.63) is 35.1 Å². The van der Waals surface area contributed by atoms with Crippen LogP contribution in [0.15, 0.2) is 18.2 Å². The van der Waals surface area contributed by atoms with Crippen LogP contribution in [-0.4, -0.2) is 19.2 Å². The van der Waals surface area contributed by atoms with Gasteiger partial charge in [-0.2, -0.15) is 0 Å². The Balaban J connectivity index is 2.00. The van der Waals surface area contributed by atoms with Crippen LogP contribution in [0.4, 0.5) is 4.39 Å². The number of fused-ring (bicyclic) bond motifs is 1. The van der Waals surface area contributed by atoms with Gasteiger partial charge >= 0.3 is 0 Å². The van der Waals surface area contributed by atoms with Gasteiger partial charge in [-0.05, 0) is 31.0 Å². The Morgan fingerprint density at radius 1 is 1.40 bits per heavy atom. The Labute approximate surface area is 88.4 Å². The van der Waals surface area contributed by atoms with Crippen LogP contribution in [0.5, 0.6) is 0 Å². The average molecular weight is 207 g/mol. The van der Waals surface area contributed by atoms with Gasteiger partial charge < -0.3 is 10.1 Å².